The molecule has 0 aliphatic rings. The summed E-state index contributed by atoms with van der Waals surface area (Å²) in [6.07, 6.45) is 1.48. The number of rotatable bonds is 3. The Hall–Kier alpha value is -1.66. The van der Waals surface area contributed by atoms with Gasteiger partial charge in [-0.1, -0.05) is 11.6 Å². The van der Waals surface area contributed by atoms with Crippen molar-refractivity contribution in [2.24, 2.45) is 0 Å². The number of nitrogens with zero attached hydrogens (tertiary/aromatic N) is 1. The van der Waals surface area contributed by atoms with E-state index in [0.29, 0.717) is 9.50 Å². The Morgan fingerprint density at radius 2 is 2.10 bits per heavy atom. The summed E-state index contributed by atoms with van der Waals surface area (Å²) in [7, 11) is 0. The Kier molecular flexibility index (Phi) is 4.57. The summed E-state index contributed by atoms with van der Waals surface area (Å²) in [6, 6.07) is 6.75. The van der Waals surface area contributed by atoms with Crippen LogP contribution in [0, 0.1) is 5.82 Å². The molecule has 2 aromatic rings. The van der Waals surface area contributed by atoms with E-state index in [9.17, 15) is 14.0 Å². The standard InChI is InChI=1S/C13H9BrClFN2O2/c14-8-1-4-13(20)18(6-8)7-12(19)17-11-5-9(15)2-3-10(11)16/h1-6H,7H2,(H,17,19). The highest BCUT2D eigenvalue weighted by atomic mass is 79.9. The molecule has 0 atom stereocenters. The van der Waals surface area contributed by atoms with E-state index in [-0.39, 0.29) is 17.8 Å². The van der Waals surface area contributed by atoms with Gasteiger partial charge in [-0.05, 0) is 40.2 Å². The fourth-order valence-electron chi connectivity index (χ4n) is 1.56. The van der Waals surface area contributed by atoms with E-state index >= 15 is 0 Å². The molecule has 0 fully saturated rings. The molecule has 0 bridgehead atoms. The lowest BCUT2D eigenvalue weighted by Crippen LogP contribution is -2.26. The molecule has 1 aromatic heterocycles. The van der Waals surface area contributed by atoms with Crippen LogP contribution in [-0.2, 0) is 11.3 Å². The van der Waals surface area contributed by atoms with Gasteiger partial charge in [0.1, 0.15) is 12.4 Å². The number of anilines is 1. The van der Waals surface area contributed by atoms with Gasteiger partial charge in [-0.3, -0.25) is 9.59 Å². The normalized spacial score (nSPS) is 10.3. The number of amides is 1. The summed E-state index contributed by atoms with van der Waals surface area (Å²) in [5, 5.41) is 2.68. The first-order chi connectivity index (χ1) is 9.45. The van der Waals surface area contributed by atoms with Crippen LogP contribution in [0.4, 0.5) is 10.1 Å². The summed E-state index contributed by atoms with van der Waals surface area (Å²) in [5.41, 5.74) is -0.347. The quantitative estimate of drug-likeness (QED) is 0.916. The number of halogens is 3. The minimum absolute atomic E-state index is 0.0226. The zero-order valence-electron chi connectivity index (χ0n) is 10.1. The smallest absolute Gasteiger partial charge is 0.251 e. The monoisotopic (exact) mass is 358 g/mol. The van der Waals surface area contributed by atoms with Crippen molar-refractivity contribution in [3.05, 3.63) is 62.2 Å². The summed E-state index contributed by atoms with van der Waals surface area (Å²) >= 11 is 8.93. The molecule has 1 aromatic carbocycles. The molecule has 4 nitrogen and oxygen atoms in total. The predicted molar refractivity (Wildman–Crippen MR) is 78.4 cm³/mol. The summed E-state index contributed by atoms with van der Waals surface area (Å²) in [5.74, 6) is -1.12. The van der Waals surface area contributed by atoms with Gasteiger partial charge >= 0.3 is 0 Å². The van der Waals surface area contributed by atoms with Gasteiger partial charge < -0.3 is 9.88 Å². The van der Waals surface area contributed by atoms with Crippen molar-refractivity contribution >= 4 is 39.1 Å². The van der Waals surface area contributed by atoms with Gasteiger partial charge in [0.25, 0.3) is 5.56 Å². The first kappa shape index (κ1) is 14.7. The molecule has 0 radical (unpaired) electrons. The van der Waals surface area contributed by atoms with Crippen molar-refractivity contribution < 1.29 is 9.18 Å². The van der Waals surface area contributed by atoms with Crippen LogP contribution in [0.3, 0.4) is 0 Å². The highest BCUT2D eigenvalue weighted by Gasteiger charge is 2.09. The predicted octanol–water partition coefficient (Wildman–Crippen LogP) is 3.04. The van der Waals surface area contributed by atoms with Crippen LogP contribution in [0.2, 0.25) is 5.02 Å². The van der Waals surface area contributed by atoms with Crippen molar-refractivity contribution in [1.82, 2.24) is 4.57 Å². The van der Waals surface area contributed by atoms with Crippen LogP contribution in [0.1, 0.15) is 0 Å². The SMILES string of the molecule is O=C(Cn1cc(Br)ccc1=O)Nc1cc(Cl)ccc1F. The van der Waals surface area contributed by atoms with E-state index in [4.69, 9.17) is 11.6 Å². The molecule has 1 amide bonds. The van der Waals surface area contributed by atoms with Crippen LogP contribution in [0.5, 0.6) is 0 Å². The Labute approximate surface area is 127 Å². The van der Waals surface area contributed by atoms with Crippen LogP contribution < -0.4 is 10.9 Å². The number of aromatic nitrogens is 1. The molecule has 0 saturated heterocycles. The number of hydrogen-bond acceptors (Lipinski definition) is 2. The second-order valence-corrected chi connectivity index (χ2v) is 5.34. The van der Waals surface area contributed by atoms with E-state index in [1.807, 2.05) is 0 Å². The number of benzene rings is 1. The number of pyridine rings is 1. The molecule has 0 aliphatic heterocycles. The second-order valence-electron chi connectivity index (χ2n) is 3.99. The number of carbonyl (C=O) groups excluding carboxylic acids is 1. The van der Waals surface area contributed by atoms with E-state index in [1.54, 1.807) is 6.07 Å². The van der Waals surface area contributed by atoms with Gasteiger partial charge in [0.2, 0.25) is 5.91 Å². The van der Waals surface area contributed by atoms with Crippen molar-refractivity contribution in [2.75, 3.05) is 5.32 Å². The highest BCUT2D eigenvalue weighted by molar-refractivity contribution is 9.10. The van der Waals surface area contributed by atoms with Gasteiger partial charge in [-0.15, -0.1) is 0 Å². The van der Waals surface area contributed by atoms with Gasteiger partial charge in [-0.25, -0.2) is 4.39 Å². The van der Waals surface area contributed by atoms with E-state index in [2.05, 4.69) is 21.2 Å². The fraction of sp³-hybridized carbons (Fsp3) is 0.0769. The first-order valence-electron chi connectivity index (χ1n) is 5.56. The number of carbonyl (C=O) groups is 1. The van der Waals surface area contributed by atoms with Crippen LogP contribution in [-0.4, -0.2) is 10.5 Å². The molecule has 7 heteroatoms. The van der Waals surface area contributed by atoms with Gasteiger partial charge in [0.05, 0.1) is 5.69 Å². The lowest BCUT2D eigenvalue weighted by atomic mass is 10.3. The van der Waals surface area contributed by atoms with Crippen molar-refractivity contribution in [3.8, 4) is 0 Å². The first-order valence-corrected chi connectivity index (χ1v) is 6.74. The molecule has 0 spiro atoms. The molecule has 104 valence electrons. The molecule has 1 N–H and O–H groups in total. The lowest BCUT2D eigenvalue weighted by Gasteiger charge is -2.08. The molecular formula is C13H9BrClFN2O2. The highest BCUT2D eigenvalue weighted by Crippen LogP contribution is 2.19. The summed E-state index contributed by atoms with van der Waals surface area (Å²) in [6.45, 7) is -0.218. The third kappa shape index (κ3) is 3.68. The molecule has 0 unspecified atom stereocenters. The lowest BCUT2D eigenvalue weighted by molar-refractivity contribution is -0.116. The van der Waals surface area contributed by atoms with Crippen molar-refractivity contribution in [2.45, 2.75) is 6.54 Å². The van der Waals surface area contributed by atoms with Crippen molar-refractivity contribution in [3.63, 3.8) is 0 Å². The number of hydrogen-bond donors (Lipinski definition) is 1. The summed E-state index contributed by atoms with van der Waals surface area (Å²) < 4.78 is 15.3. The van der Waals surface area contributed by atoms with Gasteiger partial charge in [-0.2, -0.15) is 0 Å². The average Bonchev–Trinajstić information content (AvgIpc) is 2.38. The third-order valence-electron chi connectivity index (χ3n) is 2.46. The topological polar surface area (TPSA) is 51.1 Å². The van der Waals surface area contributed by atoms with Gasteiger partial charge in [0.15, 0.2) is 0 Å². The van der Waals surface area contributed by atoms with Crippen molar-refractivity contribution in [1.29, 1.82) is 0 Å². The third-order valence-corrected chi connectivity index (χ3v) is 3.17. The van der Waals surface area contributed by atoms with Crippen LogP contribution >= 0.6 is 27.5 Å². The minimum Gasteiger partial charge on any atom is -0.322 e. The largest absolute Gasteiger partial charge is 0.322 e. The Balaban J connectivity index is 2.15. The molecule has 0 aliphatic carbocycles. The van der Waals surface area contributed by atoms with Gasteiger partial charge in [0, 0.05) is 21.8 Å². The molecule has 20 heavy (non-hydrogen) atoms. The Morgan fingerprint density at radius 3 is 2.85 bits per heavy atom. The van der Waals surface area contributed by atoms with E-state index in [1.165, 1.54) is 29.0 Å². The maximum atomic E-state index is 13.5. The Bertz CT molecular complexity index is 718. The maximum absolute atomic E-state index is 13.5. The van der Waals surface area contributed by atoms with E-state index in [0.717, 1.165) is 6.07 Å². The summed E-state index contributed by atoms with van der Waals surface area (Å²) in [4.78, 5) is 23.4. The van der Waals surface area contributed by atoms with Crippen LogP contribution in [0.25, 0.3) is 0 Å². The zero-order chi connectivity index (χ0) is 14.7. The second kappa shape index (κ2) is 6.19. The molecule has 2 rings (SSSR count). The maximum Gasteiger partial charge on any atom is 0.251 e. The molecular weight excluding hydrogens is 351 g/mol. The fourth-order valence-corrected chi connectivity index (χ4v) is 2.11. The zero-order valence-corrected chi connectivity index (χ0v) is 12.4. The van der Waals surface area contributed by atoms with E-state index < -0.39 is 11.7 Å². The molecule has 1 heterocycles. The minimum atomic E-state index is -0.593. The van der Waals surface area contributed by atoms with Crippen LogP contribution in [0.15, 0.2) is 45.8 Å². The Morgan fingerprint density at radius 1 is 1.35 bits per heavy atom. The number of nitrogens with one attached hydrogen (secondary N) is 1. The molecule has 0 saturated carbocycles. The average molecular weight is 360 g/mol.